The van der Waals surface area contributed by atoms with Crippen molar-refractivity contribution in [2.45, 2.75) is 43.2 Å². The van der Waals surface area contributed by atoms with Gasteiger partial charge in [-0.3, -0.25) is 0 Å². The third kappa shape index (κ3) is 3.89. The van der Waals surface area contributed by atoms with Crippen LogP contribution in [0.25, 0.3) is 0 Å². The molecule has 1 saturated heterocycles. The lowest BCUT2D eigenvalue weighted by atomic mass is 9.97. The summed E-state index contributed by atoms with van der Waals surface area (Å²) in [5, 5.41) is 1.18. The molecule has 1 fully saturated rings. The van der Waals surface area contributed by atoms with Gasteiger partial charge in [-0.15, -0.1) is 0 Å². The van der Waals surface area contributed by atoms with Crippen LogP contribution in [-0.2, 0) is 6.42 Å². The predicted molar refractivity (Wildman–Crippen MR) is 85.6 cm³/mol. The third-order valence-electron chi connectivity index (χ3n) is 3.68. The van der Waals surface area contributed by atoms with Gasteiger partial charge in [-0.25, -0.2) is 4.39 Å². The van der Waals surface area contributed by atoms with Crippen LogP contribution in [0.1, 0.15) is 24.5 Å². The first-order valence-corrected chi connectivity index (χ1v) is 8.95. The number of nitrogens with two attached hydrogens (primary N) is 1. The minimum absolute atomic E-state index is 0.159. The van der Waals surface area contributed by atoms with Crippen LogP contribution in [-0.4, -0.2) is 28.0 Å². The summed E-state index contributed by atoms with van der Waals surface area (Å²) in [4.78, 5) is 0. The van der Waals surface area contributed by atoms with Crippen molar-refractivity contribution in [1.82, 2.24) is 0 Å². The lowest BCUT2D eigenvalue weighted by molar-refractivity contribution is 0.592. The number of rotatable bonds is 4. The summed E-state index contributed by atoms with van der Waals surface area (Å²) in [7, 11) is 0. The topological polar surface area (TPSA) is 26.0 Å². The monoisotopic (exact) mass is 299 g/mol. The van der Waals surface area contributed by atoms with Crippen molar-refractivity contribution in [2.24, 2.45) is 5.73 Å². The van der Waals surface area contributed by atoms with Gasteiger partial charge in [0.1, 0.15) is 5.82 Å². The Morgan fingerprint density at radius 2 is 2.11 bits per heavy atom. The van der Waals surface area contributed by atoms with Crippen molar-refractivity contribution in [3.05, 3.63) is 35.1 Å². The standard InChI is InChI=1S/C15H22FNS2/c1-3-14-15(19-7-6-18-14)13(17)9-11-4-5-12(16)8-10(11)2/h4-5,8,13-15H,3,6-7,9,17H2,1-2H3. The van der Waals surface area contributed by atoms with Crippen molar-refractivity contribution in [2.75, 3.05) is 11.5 Å². The Morgan fingerprint density at radius 1 is 1.37 bits per heavy atom. The van der Waals surface area contributed by atoms with Crippen LogP contribution in [0.5, 0.6) is 0 Å². The highest BCUT2D eigenvalue weighted by atomic mass is 32.2. The van der Waals surface area contributed by atoms with Crippen molar-refractivity contribution in [3.8, 4) is 0 Å². The zero-order valence-electron chi connectivity index (χ0n) is 11.6. The van der Waals surface area contributed by atoms with Gasteiger partial charge < -0.3 is 5.73 Å². The largest absolute Gasteiger partial charge is 0.326 e. The average Bonchev–Trinajstić information content (AvgIpc) is 2.41. The number of halogens is 1. The first kappa shape index (κ1) is 15.2. The van der Waals surface area contributed by atoms with E-state index in [1.165, 1.54) is 29.6 Å². The van der Waals surface area contributed by atoms with Gasteiger partial charge in [-0.2, -0.15) is 23.5 Å². The smallest absolute Gasteiger partial charge is 0.123 e. The first-order chi connectivity index (χ1) is 9.11. The second kappa shape index (κ2) is 7.00. The van der Waals surface area contributed by atoms with E-state index in [9.17, 15) is 4.39 Å². The lowest BCUT2D eigenvalue weighted by Crippen LogP contribution is -2.43. The molecule has 0 aliphatic carbocycles. The Hall–Kier alpha value is -0.190. The van der Waals surface area contributed by atoms with E-state index in [1.54, 1.807) is 6.07 Å². The van der Waals surface area contributed by atoms with Crippen LogP contribution >= 0.6 is 23.5 Å². The number of hydrogen-bond donors (Lipinski definition) is 1. The molecule has 2 rings (SSSR count). The number of benzene rings is 1. The fourth-order valence-electron chi connectivity index (χ4n) is 2.59. The van der Waals surface area contributed by atoms with Crippen molar-refractivity contribution in [1.29, 1.82) is 0 Å². The zero-order valence-corrected chi connectivity index (χ0v) is 13.2. The molecule has 1 aliphatic rings. The second-order valence-electron chi connectivity index (χ2n) is 5.09. The molecule has 4 heteroatoms. The summed E-state index contributed by atoms with van der Waals surface area (Å²) in [6.45, 7) is 4.21. The normalized spacial score (nSPS) is 25.3. The predicted octanol–water partition coefficient (Wildman–Crippen LogP) is 3.63. The van der Waals surface area contributed by atoms with Gasteiger partial charge >= 0.3 is 0 Å². The van der Waals surface area contributed by atoms with E-state index in [2.05, 4.69) is 18.7 Å². The lowest BCUT2D eigenvalue weighted by Gasteiger charge is -2.34. The van der Waals surface area contributed by atoms with Crippen LogP contribution in [0.15, 0.2) is 18.2 Å². The molecule has 106 valence electrons. The van der Waals surface area contributed by atoms with E-state index in [0.29, 0.717) is 10.5 Å². The SMILES string of the molecule is CCC1SCCSC1C(N)Cc1ccc(F)cc1C. The fourth-order valence-corrected chi connectivity index (χ4v) is 5.79. The maximum atomic E-state index is 13.1. The minimum Gasteiger partial charge on any atom is -0.326 e. The van der Waals surface area contributed by atoms with Crippen molar-refractivity contribution >= 4 is 23.5 Å². The molecular weight excluding hydrogens is 277 g/mol. The Kier molecular flexibility index (Phi) is 5.60. The van der Waals surface area contributed by atoms with Crippen LogP contribution in [0.3, 0.4) is 0 Å². The molecular formula is C15H22FNS2. The number of hydrogen-bond acceptors (Lipinski definition) is 3. The zero-order chi connectivity index (χ0) is 13.8. The highest BCUT2D eigenvalue weighted by molar-refractivity contribution is 8.07. The summed E-state index contributed by atoms with van der Waals surface area (Å²) < 4.78 is 13.1. The molecule has 3 unspecified atom stereocenters. The Labute approximate surface area is 123 Å². The Morgan fingerprint density at radius 3 is 2.79 bits per heavy atom. The average molecular weight is 299 g/mol. The minimum atomic E-state index is -0.163. The molecule has 0 radical (unpaired) electrons. The van der Waals surface area contributed by atoms with Crippen molar-refractivity contribution in [3.63, 3.8) is 0 Å². The van der Waals surface area contributed by atoms with Gasteiger partial charge in [0.2, 0.25) is 0 Å². The van der Waals surface area contributed by atoms with Gasteiger partial charge in [0, 0.05) is 28.0 Å². The van der Waals surface area contributed by atoms with Crippen LogP contribution < -0.4 is 5.73 Å². The van der Waals surface area contributed by atoms with Gasteiger partial charge in [0.15, 0.2) is 0 Å². The van der Waals surface area contributed by atoms with Crippen LogP contribution in [0.4, 0.5) is 4.39 Å². The molecule has 0 spiro atoms. The third-order valence-corrected chi connectivity index (χ3v) is 7.10. The van der Waals surface area contributed by atoms with E-state index in [4.69, 9.17) is 5.73 Å². The number of thioether (sulfide) groups is 2. The van der Waals surface area contributed by atoms with E-state index >= 15 is 0 Å². The Bertz CT molecular complexity index is 425. The maximum absolute atomic E-state index is 13.1. The van der Waals surface area contributed by atoms with Crippen LogP contribution in [0.2, 0.25) is 0 Å². The molecule has 1 nitrogen and oxygen atoms in total. The molecule has 1 aromatic carbocycles. The maximum Gasteiger partial charge on any atom is 0.123 e. The van der Waals surface area contributed by atoms with Gasteiger partial charge in [0.25, 0.3) is 0 Å². The Balaban J connectivity index is 2.04. The number of aryl methyl sites for hydroxylation is 1. The molecule has 0 amide bonds. The first-order valence-electron chi connectivity index (χ1n) is 6.85. The quantitative estimate of drug-likeness (QED) is 0.919. The summed E-state index contributed by atoms with van der Waals surface area (Å²) in [6.07, 6.45) is 2.03. The molecule has 1 aliphatic heterocycles. The summed E-state index contributed by atoms with van der Waals surface area (Å²) in [5.41, 5.74) is 8.62. The molecule has 0 saturated carbocycles. The second-order valence-corrected chi connectivity index (χ2v) is 7.72. The highest BCUT2D eigenvalue weighted by Gasteiger charge is 2.30. The molecule has 0 bridgehead atoms. The van der Waals surface area contributed by atoms with E-state index in [0.717, 1.165) is 12.0 Å². The molecule has 1 aromatic rings. The molecule has 2 N–H and O–H groups in total. The molecule has 0 aromatic heterocycles. The van der Waals surface area contributed by atoms with E-state index in [1.807, 2.05) is 24.8 Å². The van der Waals surface area contributed by atoms with Crippen LogP contribution in [0, 0.1) is 12.7 Å². The molecule has 1 heterocycles. The molecule has 3 atom stereocenters. The van der Waals surface area contributed by atoms with Crippen molar-refractivity contribution < 1.29 is 4.39 Å². The molecule has 19 heavy (non-hydrogen) atoms. The van der Waals surface area contributed by atoms with Gasteiger partial charge in [0.05, 0.1) is 0 Å². The summed E-state index contributed by atoms with van der Waals surface area (Å²) in [6, 6.07) is 5.18. The van der Waals surface area contributed by atoms with Gasteiger partial charge in [-0.1, -0.05) is 13.0 Å². The summed E-state index contributed by atoms with van der Waals surface area (Å²) >= 11 is 4.07. The van der Waals surface area contributed by atoms with E-state index < -0.39 is 0 Å². The summed E-state index contributed by atoms with van der Waals surface area (Å²) in [5.74, 6) is 2.27. The van der Waals surface area contributed by atoms with Gasteiger partial charge in [-0.05, 0) is 43.0 Å². The fraction of sp³-hybridized carbons (Fsp3) is 0.600. The highest BCUT2D eigenvalue weighted by Crippen LogP contribution is 2.35. The van der Waals surface area contributed by atoms with E-state index in [-0.39, 0.29) is 11.9 Å².